The first-order valence-corrected chi connectivity index (χ1v) is 14.4. The van der Waals surface area contributed by atoms with Crippen molar-refractivity contribution in [3.8, 4) is 5.75 Å². The number of benzene rings is 3. The summed E-state index contributed by atoms with van der Waals surface area (Å²) in [6.45, 7) is 4.89. The van der Waals surface area contributed by atoms with Gasteiger partial charge >= 0.3 is 0 Å². The van der Waals surface area contributed by atoms with Gasteiger partial charge in [0.15, 0.2) is 0 Å². The number of carbonyl (C=O) groups is 2. The number of halogens is 2. The van der Waals surface area contributed by atoms with Crippen molar-refractivity contribution in [2.75, 3.05) is 24.5 Å². The summed E-state index contributed by atoms with van der Waals surface area (Å²) in [5, 5.41) is 3.46. The lowest BCUT2D eigenvalue weighted by atomic mass is 10.1. The van der Waals surface area contributed by atoms with Crippen molar-refractivity contribution >= 4 is 50.7 Å². The molecule has 3 aromatic rings. The van der Waals surface area contributed by atoms with Crippen LogP contribution < -0.4 is 14.4 Å². The number of sulfonamides is 1. The van der Waals surface area contributed by atoms with Gasteiger partial charge in [-0.3, -0.25) is 13.9 Å². The first-order valence-electron chi connectivity index (χ1n) is 12.2. The zero-order chi connectivity index (χ0) is 28.7. The number of amides is 2. The van der Waals surface area contributed by atoms with Crippen LogP contribution in [0.3, 0.4) is 0 Å². The van der Waals surface area contributed by atoms with Crippen LogP contribution in [0.1, 0.15) is 25.0 Å². The minimum absolute atomic E-state index is 0.00503. The number of hydrogen-bond acceptors (Lipinski definition) is 5. The summed E-state index contributed by atoms with van der Waals surface area (Å²) in [6.07, 6.45) is 0. The van der Waals surface area contributed by atoms with E-state index in [0.29, 0.717) is 22.2 Å². The van der Waals surface area contributed by atoms with Gasteiger partial charge in [-0.2, -0.15) is 0 Å². The van der Waals surface area contributed by atoms with Gasteiger partial charge in [0.05, 0.1) is 17.7 Å². The zero-order valence-corrected chi connectivity index (χ0v) is 24.5. The first-order chi connectivity index (χ1) is 18.5. The van der Waals surface area contributed by atoms with Crippen LogP contribution in [0.4, 0.5) is 5.69 Å². The quantitative estimate of drug-likeness (QED) is 0.336. The Labute approximate surface area is 239 Å². The molecule has 8 nitrogen and oxygen atoms in total. The third-order valence-corrected chi connectivity index (χ3v) is 8.45. The summed E-state index contributed by atoms with van der Waals surface area (Å²) in [5.41, 5.74) is 1.52. The summed E-state index contributed by atoms with van der Waals surface area (Å²) in [5.74, 6) is -0.721. The maximum absolute atomic E-state index is 14.0. The van der Waals surface area contributed by atoms with E-state index in [1.807, 2.05) is 6.92 Å². The van der Waals surface area contributed by atoms with E-state index in [1.54, 1.807) is 68.4 Å². The van der Waals surface area contributed by atoms with E-state index in [0.717, 1.165) is 9.87 Å². The number of nitrogens with zero attached hydrogens (tertiary/aromatic N) is 2. The number of aryl methyl sites for hydroxylation is 1. The molecule has 0 aliphatic heterocycles. The monoisotopic (exact) mass is 591 g/mol. The smallest absolute Gasteiger partial charge is 0.264 e. The van der Waals surface area contributed by atoms with E-state index in [4.69, 9.17) is 27.9 Å². The molecule has 3 aromatic carbocycles. The van der Waals surface area contributed by atoms with E-state index >= 15 is 0 Å². The molecule has 0 saturated carbocycles. The Bertz CT molecular complexity index is 1430. The summed E-state index contributed by atoms with van der Waals surface area (Å²) in [4.78, 5) is 28.1. The highest BCUT2D eigenvalue weighted by Crippen LogP contribution is 2.34. The average molecular weight is 593 g/mol. The molecule has 2 amide bonds. The molecule has 0 aliphatic carbocycles. The van der Waals surface area contributed by atoms with E-state index in [1.165, 1.54) is 24.1 Å². The van der Waals surface area contributed by atoms with Gasteiger partial charge in [0.1, 0.15) is 18.3 Å². The molecule has 1 atom stereocenters. The van der Waals surface area contributed by atoms with Gasteiger partial charge in [-0.05, 0) is 68.3 Å². The standard InChI is InChI=1S/C28H31Cl2N3O5S/c1-5-31-28(35)20(3)32(17-21-12-13-22(29)16-24(21)30)27(34)18-33(25-15-19(2)11-14-26(25)38-4)39(36,37)23-9-7-6-8-10-23/h6-16,20H,5,17-18H2,1-4H3,(H,31,35)/t20-/m1/s1. The Hall–Kier alpha value is -3.27. The van der Waals surface area contributed by atoms with Crippen LogP contribution in [-0.4, -0.2) is 51.4 Å². The largest absolute Gasteiger partial charge is 0.495 e. The number of nitrogens with one attached hydrogen (secondary N) is 1. The molecular formula is C28H31Cl2N3O5S. The molecule has 0 bridgehead atoms. The second-order valence-electron chi connectivity index (χ2n) is 8.83. The van der Waals surface area contributed by atoms with Crippen LogP contribution in [0.2, 0.25) is 10.0 Å². The van der Waals surface area contributed by atoms with E-state index in [-0.39, 0.29) is 28.8 Å². The van der Waals surface area contributed by atoms with E-state index in [2.05, 4.69) is 5.32 Å². The van der Waals surface area contributed by atoms with Crippen LogP contribution in [0.25, 0.3) is 0 Å². The predicted molar refractivity (Wildman–Crippen MR) is 154 cm³/mol. The van der Waals surface area contributed by atoms with Crippen molar-refractivity contribution < 1.29 is 22.7 Å². The highest BCUT2D eigenvalue weighted by Gasteiger charge is 2.34. The molecule has 0 aliphatic rings. The van der Waals surface area contributed by atoms with E-state index < -0.39 is 28.5 Å². The Morgan fingerprint density at radius 3 is 2.33 bits per heavy atom. The average Bonchev–Trinajstić information content (AvgIpc) is 2.91. The normalized spacial score (nSPS) is 11.9. The van der Waals surface area contributed by atoms with Crippen molar-refractivity contribution in [3.05, 3.63) is 87.9 Å². The Kier molecular flexibility index (Phi) is 10.2. The molecule has 0 unspecified atom stereocenters. The van der Waals surface area contributed by atoms with Gasteiger partial charge in [-0.25, -0.2) is 8.42 Å². The fourth-order valence-corrected chi connectivity index (χ4v) is 5.87. The fraction of sp³-hybridized carbons (Fsp3) is 0.286. The van der Waals surface area contributed by atoms with Crippen LogP contribution in [0.15, 0.2) is 71.6 Å². The third kappa shape index (κ3) is 7.23. The first kappa shape index (κ1) is 30.3. The summed E-state index contributed by atoms with van der Waals surface area (Å²) in [7, 11) is -2.79. The number of anilines is 1. The molecule has 0 aromatic heterocycles. The molecule has 208 valence electrons. The Morgan fingerprint density at radius 2 is 1.72 bits per heavy atom. The van der Waals surface area contributed by atoms with Gasteiger partial charge in [0, 0.05) is 23.1 Å². The summed E-state index contributed by atoms with van der Waals surface area (Å²) >= 11 is 12.4. The number of carbonyl (C=O) groups excluding carboxylic acids is 2. The lowest BCUT2D eigenvalue weighted by Gasteiger charge is -2.32. The van der Waals surface area contributed by atoms with Crippen LogP contribution in [0, 0.1) is 6.92 Å². The molecule has 3 rings (SSSR count). The van der Waals surface area contributed by atoms with Crippen molar-refractivity contribution in [1.29, 1.82) is 0 Å². The molecule has 0 spiro atoms. The Morgan fingerprint density at radius 1 is 1.03 bits per heavy atom. The van der Waals surface area contributed by atoms with Crippen molar-refractivity contribution in [3.63, 3.8) is 0 Å². The summed E-state index contributed by atoms with van der Waals surface area (Å²) in [6, 6.07) is 16.8. The predicted octanol–water partition coefficient (Wildman–Crippen LogP) is 5.06. The number of likely N-dealkylation sites (N-methyl/N-ethyl adjacent to an activating group) is 1. The molecule has 11 heteroatoms. The highest BCUT2D eigenvalue weighted by atomic mass is 35.5. The lowest BCUT2D eigenvalue weighted by molar-refractivity contribution is -0.139. The van der Waals surface area contributed by atoms with Crippen LogP contribution >= 0.6 is 23.2 Å². The van der Waals surface area contributed by atoms with Gasteiger partial charge in [-0.1, -0.05) is 53.5 Å². The molecule has 39 heavy (non-hydrogen) atoms. The minimum atomic E-state index is -4.21. The molecule has 0 radical (unpaired) electrons. The molecule has 1 N–H and O–H groups in total. The number of ether oxygens (including phenoxy) is 1. The second-order valence-corrected chi connectivity index (χ2v) is 11.5. The topological polar surface area (TPSA) is 96.0 Å². The van der Waals surface area contributed by atoms with Crippen LogP contribution in [-0.2, 0) is 26.2 Å². The zero-order valence-electron chi connectivity index (χ0n) is 22.1. The fourth-order valence-electron chi connectivity index (χ4n) is 3.97. The SMILES string of the molecule is CCNC(=O)[C@@H](C)N(Cc1ccc(Cl)cc1Cl)C(=O)CN(c1cc(C)ccc1OC)S(=O)(=O)c1ccccc1. The lowest BCUT2D eigenvalue weighted by Crippen LogP contribution is -2.51. The van der Waals surface area contributed by atoms with Crippen LogP contribution in [0.5, 0.6) is 5.75 Å². The number of hydrogen-bond donors (Lipinski definition) is 1. The van der Waals surface area contributed by atoms with Gasteiger partial charge in [0.2, 0.25) is 11.8 Å². The van der Waals surface area contributed by atoms with Gasteiger partial charge in [0.25, 0.3) is 10.0 Å². The van der Waals surface area contributed by atoms with Crippen molar-refractivity contribution in [2.24, 2.45) is 0 Å². The highest BCUT2D eigenvalue weighted by molar-refractivity contribution is 7.92. The number of methoxy groups -OCH3 is 1. The maximum Gasteiger partial charge on any atom is 0.264 e. The van der Waals surface area contributed by atoms with E-state index in [9.17, 15) is 18.0 Å². The molecule has 0 fully saturated rings. The number of rotatable bonds is 11. The molecular weight excluding hydrogens is 561 g/mol. The molecule has 0 saturated heterocycles. The van der Waals surface area contributed by atoms with Crippen molar-refractivity contribution in [1.82, 2.24) is 10.2 Å². The van der Waals surface area contributed by atoms with Gasteiger partial charge in [-0.15, -0.1) is 0 Å². The summed E-state index contributed by atoms with van der Waals surface area (Å²) < 4.78 is 34.3. The second kappa shape index (κ2) is 13.2. The van der Waals surface area contributed by atoms with Crippen molar-refractivity contribution in [2.45, 2.75) is 38.3 Å². The Balaban J connectivity index is 2.11. The van der Waals surface area contributed by atoms with Gasteiger partial charge < -0.3 is 15.0 Å². The minimum Gasteiger partial charge on any atom is -0.495 e. The maximum atomic E-state index is 14.0. The third-order valence-electron chi connectivity index (χ3n) is 6.09. The molecule has 0 heterocycles.